The highest BCUT2D eigenvalue weighted by atomic mass is 79.9. The molecule has 0 spiro atoms. The number of hydrogen-bond donors (Lipinski definition) is 1. The van der Waals surface area contributed by atoms with Gasteiger partial charge in [0.15, 0.2) is 0 Å². The van der Waals surface area contributed by atoms with Gasteiger partial charge in [-0.2, -0.15) is 5.26 Å². The lowest BCUT2D eigenvalue weighted by Crippen LogP contribution is -2.39. The van der Waals surface area contributed by atoms with Gasteiger partial charge in [-0.1, -0.05) is 22.0 Å². The molecule has 106 valence electrons. The largest absolute Gasteiger partial charge is 0.380 e. The van der Waals surface area contributed by atoms with Gasteiger partial charge in [0.25, 0.3) is 0 Å². The topological polar surface area (TPSA) is 79.3 Å². The van der Waals surface area contributed by atoms with Crippen molar-refractivity contribution in [2.24, 2.45) is 5.73 Å². The van der Waals surface area contributed by atoms with E-state index in [4.69, 9.17) is 15.7 Å². The van der Waals surface area contributed by atoms with Crippen LogP contribution in [0.1, 0.15) is 17.5 Å². The van der Waals surface area contributed by atoms with Crippen LogP contribution in [0.4, 0.5) is 0 Å². The van der Waals surface area contributed by atoms with Crippen molar-refractivity contribution in [3.05, 3.63) is 33.8 Å². The van der Waals surface area contributed by atoms with Crippen LogP contribution in [0.2, 0.25) is 0 Å². The first-order valence-electron chi connectivity index (χ1n) is 6.30. The Morgan fingerprint density at radius 3 is 2.95 bits per heavy atom. The Kier molecular flexibility index (Phi) is 4.76. The quantitative estimate of drug-likeness (QED) is 0.900. The van der Waals surface area contributed by atoms with E-state index >= 15 is 0 Å². The van der Waals surface area contributed by atoms with Crippen LogP contribution < -0.4 is 5.73 Å². The number of amides is 1. The summed E-state index contributed by atoms with van der Waals surface area (Å²) in [5, 5.41) is 8.86. The van der Waals surface area contributed by atoms with Crippen LogP contribution in [0.3, 0.4) is 0 Å². The first-order valence-corrected chi connectivity index (χ1v) is 7.09. The molecule has 1 fully saturated rings. The summed E-state index contributed by atoms with van der Waals surface area (Å²) in [5.74, 6) is -0.325. The van der Waals surface area contributed by atoms with Crippen molar-refractivity contribution in [2.45, 2.75) is 25.1 Å². The third-order valence-electron chi connectivity index (χ3n) is 3.58. The van der Waals surface area contributed by atoms with Gasteiger partial charge >= 0.3 is 0 Å². The van der Waals surface area contributed by atoms with E-state index in [-0.39, 0.29) is 18.1 Å². The summed E-state index contributed by atoms with van der Waals surface area (Å²) in [7, 11) is 1.64. The van der Waals surface area contributed by atoms with E-state index in [2.05, 4.69) is 22.0 Å². The highest BCUT2D eigenvalue weighted by Crippen LogP contribution is 2.26. The molecule has 1 amide bonds. The fourth-order valence-electron chi connectivity index (χ4n) is 2.47. The molecule has 2 atom stereocenters. The van der Waals surface area contributed by atoms with Gasteiger partial charge in [-0.15, -0.1) is 0 Å². The summed E-state index contributed by atoms with van der Waals surface area (Å²) >= 11 is 3.46. The van der Waals surface area contributed by atoms with Gasteiger partial charge in [0.05, 0.1) is 23.8 Å². The molecule has 0 unspecified atom stereocenters. The number of halogens is 1. The van der Waals surface area contributed by atoms with E-state index in [0.29, 0.717) is 25.1 Å². The number of primary amides is 1. The average Bonchev–Trinajstić information content (AvgIpc) is 2.84. The van der Waals surface area contributed by atoms with Gasteiger partial charge in [-0.25, -0.2) is 0 Å². The van der Waals surface area contributed by atoms with Gasteiger partial charge < -0.3 is 10.5 Å². The minimum atomic E-state index is -0.325. The smallest absolute Gasteiger partial charge is 0.234 e. The predicted octanol–water partition coefficient (Wildman–Crippen LogP) is 1.40. The Morgan fingerprint density at radius 2 is 2.40 bits per heavy atom. The van der Waals surface area contributed by atoms with E-state index in [0.717, 1.165) is 10.0 Å². The van der Waals surface area contributed by atoms with Gasteiger partial charge in [0.2, 0.25) is 5.91 Å². The minimum Gasteiger partial charge on any atom is -0.380 e. The third kappa shape index (κ3) is 3.18. The molecule has 2 rings (SSSR count). The number of likely N-dealkylation sites (tertiary alicyclic amines) is 1. The molecule has 0 radical (unpaired) electrons. The molecular weight excluding hydrogens is 322 g/mol. The SMILES string of the molecule is CO[C@H]1C[C@@H](C(N)=O)N(Cc2ccc(C#N)cc2Br)C1. The summed E-state index contributed by atoms with van der Waals surface area (Å²) < 4.78 is 6.18. The second kappa shape index (κ2) is 6.35. The molecule has 6 heteroatoms. The van der Waals surface area contributed by atoms with Crippen LogP contribution in [-0.4, -0.2) is 36.6 Å². The van der Waals surface area contributed by atoms with Crippen molar-refractivity contribution in [3.63, 3.8) is 0 Å². The summed E-state index contributed by atoms with van der Waals surface area (Å²) in [6.07, 6.45) is 0.657. The maximum atomic E-state index is 11.5. The number of benzene rings is 1. The number of nitriles is 1. The maximum Gasteiger partial charge on any atom is 0.234 e. The lowest BCUT2D eigenvalue weighted by atomic mass is 10.1. The maximum absolute atomic E-state index is 11.5. The molecule has 0 aromatic heterocycles. The van der Waals surface area contributed by atoms with Crippen molar-refractivity contribution in [1.82, 2.24) is 4.90 Å². The zero-order valence-electron chi connectivity index (χ0n) is 11.2. The summed E-state index contributed by atoms with van der Waals surface area (Å²) in [4.78, 5) is 13.5. The van der Waals surface area contributed by atoms with Crippen LogP contribution >= 0.6 is 15.9 Å². The monoisotopic (exact) mass is 337 g/mol. The van der Waals surface area contributed by atoms with Gasteiger partial charge in [0, 0.05) is 24.7 Å². The second-order valence-corrected chi connectivity index (χ2v) is 5.71. The Balaban J connectivity index is 2.16. The van der Waals surface area contributed by atoms with Gasteiger partial charge in [0.1, 0.15) is 0 Å². The number of carbonyl (C=O) groups is 1. The van der Waals surface area contributed by atoms with Crippen molar-refractivity contribution >= 4 is 21.8 Å². The average molecular weight is 338 g/mol. The first kappa shape index (κ1) is 15.0. The van der Waals surface area contributed by atoms with Crippen molar-refractivity contribution in [3.8, 4) is 6.07 Å². The normalized spacial score (nSPS) is 22.6. The minimum absolute atomic E-state index is 0.0321. The molecular formula is C14H16BrN3O2. The molecule has 0 bridgehead atoms. The highest BCUT2D eigenvalue weighted by molar-refractivity contribution is 9.10. The van der Waals surface area contributed by atoms with E-state index < -0.39 is 0 Å². The number of ether oxygens (including phenoxy) is 1. The van der Waals surface area contributed by atoms with E-state index in [1.807, 2.05) is 11.0 Å². The molecule has 1 aromatic rings. The number of methoxy groups -OCH3 is 1. The number of nitrogens with two attached hydrogens (primary N) is 1. The Labute approximate surface area is 126 Å². The van der Waals surface area contributed by atoms with Crippen molar-refractivity contribution in [1.29, 1.82) is 5.26 Å². The molecule has 1 aliphatic heterocycles. The number of hydrogen-bond acceptors (Lipinski definition) is 4. The Hall–Kier alpha value is -1.42. The summed E-state index contributed by atoms with van der Waals surface area (Å²) in [6, 6.07) is 7.22. The molecule has 5 nitrogen and oxygen atoms in total. The van der Waals surface area contributed by atoms with E-state index in [1.54, 1.807) is 19.2 Å². The standard InChI is InChI=1S/C14H16BrN3O2/c1-20-11-5-13(14(17)19)18(8-11)7-10-3-2-9(6-16)4-12(10)15/h2-4,11,13H,5,7-8H2,1H3,(H2,17,19)/t11-,13-/m0/s1. The fourth-order valence-corrected chi connectivity index (χ4v) is 2.97. The second-order valence-electron chi connectivity index (χ2n) is 4.86. The lowest BCUT2D eigenvalue weighted by molar-refractivity contribution is -0.122. The van der Waals surface area contributed by atoms with Crippen molar-refractivity contribution in [2.75, 3.05) is 13.7 Å². The highest BCUT2D eigenvalue weighted by Gasteiger charge is 2.35. The molecule has 1 aromatic carbocycles. The zero-order chi connectivity index (χ0) is 14.7. The molecule has 0 saturated carbocycles. The molecule has 1 aliphatic rings. The number of nitrogens with zero attached hydrogens (tertiary/aromatic N) is 2. The fraction of sp³-hybridized carbons (Fsp3) is 0.429. The lowest BCUT2D eigenvalue weighted by Gasteiger charge is -2.22. The summed E-state index contributed by atoms with van der Waals surface area (Å²) in [5.41, 5.74) is 7.07. The van der Waals surface area contributed by atoms with E-state index in [9.17, 15) is 4.79 Å². The molecule has 0 aliphatic carbocycles. The van der Waals surface area contributed by atoms with Crippen LogP contribution in [0, 0.1) is 11.3 Å². The van der Waals surface area contributed by atoms with Crippen molar-refractivity contribution < 1.29 is 9.53 Å². The molecule has 20 heavy (non-hydrogen) atoms. The third-order valence-corrected chi connectivity index (χ3v) is 4.32. The molecule has 1 saturated heterocycles. The van der Waals surface area contributed by atoms with Gasteiger partial charge in [-0.05, 0) is 24.1 Å². The summed E-state index contributed by atoms with van der Waals surface area (Å²) in [6.45, 7) is 1.27. The van der Waals surface area contributed by atoms with Crippen LogP contribution in [-0.2, 0) is 16.1 Å². The van der Waals surface area contributed by atoms with Crippen LogP contribution in [0.15, 0.2) is 22.7 Å². The van der Waals surface area contributed by atoms with E-state index in [1.165, 1.54) is 0 Å². The predicted molar refractivity (Wildman–Crippen MR) is 77.7 cm³/mol. The first-order chi connectivity index (χ1) is 9.55. The van der Waals surface area contributed by atoms with Gasteiger partial charge in [-0.3, -0.25) is 9.69 Å². The van der Waals surface area contributed by atoms with Crippen LogP contribution in [0.5, 0.6) is 0 Å². The zero-order valence-corrected chi connectivity index (χ0v) is 12.8. The number of rotatable bonds is 4. The molecule has 2 N–H and O–H groups in total. The Bertz CT molecular complexity index is 556. The number of carbonyl (C=O) groups excluding carboxylic acids is 1. The Morgan fingerprint density at radius 1 is 1.65 bits per heavy atom. The molecule has 1 heterocycles. The van der Waals surface area contributed by atoms with Crippen LogP contribution in [0.25, 0.3) is 0 Å².